The van der Waals surface area contributed by atoms with Crippen molar-refractivity contribution in [1.29, 1.82) is 0 Å². The number of nitrogens with zero attached hydrogens (tertiary/aromatic N) is 3. The first-order chi connectivity index (χ1) is 17.6. The summed E-state index contributed by atoms with van der Waals surface area (Å²) in [5.74, 6) is -1.64. The van der Waals surface area contributed by atoms with E-state index >= 15 is 0 Å². The van der Waals surface area contributed by atoms with Crippen molar-refractivity contribution in [2.24, 2.45) is 5.73 Å². The number of hydrogen-bond donors (Lipinski definition) is 4. The van der Waals surface area contributed by atoms with Crippen LogP contribution in [0.15, 0.2) is 48.7 Å². The molecule has 0 unspecified atom stereocenters. The number of pyridine rings is 1. The standard InChI is InChI=1S/C24H25ClF2N6O4/c1-32(23(35)31-11-15-3-2-4-19(27)22(15)25)18(12-30-21(34)9-28)13-33(24(36)37)20-8-16-7-17(26)6-5-14(16)10-29-20/h2-8,10,18H,9,11-13,28H2,1H3,(H,30,34)(H,31,35)(H,36,37)/t18-/m0/s1. The Kier molecular flexibility index (Phi) is 9.15. The number of carbonyl (C=O) groups excluding carboxylic acids is 2. The number of hydrogen-bond acceptors (Lipinski definition) is 5. The lowest BCUT2D eigenvalue weighted by atomic mass is 10.1. The van der Waals surface area contributed by atoms with E-state index in [1.165, 1.54) is 54.5 Å². The Morgan fingerprint density at radius 1 is 1.14 bits per heavy atom. The van der Waals surface area contributed by atoms with Gasteiger partial charge >= 0.3 is 12.1 Å². The van der Waals surface area contributed by atoms with Gasteiger partial charge in [0.25, 0.3) is 0 Å². The molecule has 3 rings (SSSR count). The minimum Gasteiger partial charge on any atom is -0.465 e. The summed E-state index contributed by atoms with van der Waals surface area (Å²) >= 11 is 5.94. The number of carboxylic acid groups (broad SMARTS) is 1. The van der Waals surface area contributed by atoms with Crippen molar-refractivity contribution in [1.82, 2.24) is 20.5 Å². The second-order valence-corrected chi connectivity index (χ2v) is 8.45. The predicted octanol–water partition coefficient (Wildman–Crippen LogP) is 2.94. The van der Waals surface area contributed by atoms with Crippen LogP contribution in [0.1, 0.15) is 5.56 Å². The summed E-state index contributed by atoms with van der Waals surface area (Å²) in [4.78, 5) is 43.0. The van der Waals surface area contributed by atoms with Crippen molar-refractivity contribution in [2.45, 2.75) is 12.6 Å². The highest BCUT2D eigenvalue weighted by molar-refractivity contribution is 6.31. The molecule has 3 aromatic rings. The summed E-state index contributed by atoms with van der Waals surface area (Å²) < 4.78 is 27.4. The van der Waals surface area contributed by atoms with E-state index in [9.17, 15) is 28.3 Å². The number of halogens is 3. The number of anilines is 1. The average molecular weight is 535 g/mol. The molecule has 0 aliphatic carbocycles. The van der Waals surface area contributed by atoms with Gasteiger partial charge in [0.2, 0.25) is 5.91 Å². The van der Waals surface area contributed by atoms with Gasteiger partial charge in [-0.3, -0.25) is 9.69 Å². The van der Waals surface area contributed by atoms with Gasteiger partial charge in [0.05, 0.1) is 24.2 Å². The maximum atomic E-state index is 13.7. The number of fused-ring (bicyclic) bond motifs is 1. The van der Waals surface area contributed by atoms with Crippen LogP contribution >= 0.6 is 11.6 Å². The highest BCUT2D eigenvalue weighted by Gasteiger charge is 2.27. The molecule has 1 atom stereocenters. The van der Waals surface area contributed by atoms with E-state index in [1.54, 1.807) is 6.07 Å². The number of urea groups is 1. The highest BCUT2D eigenvalue weighted by Crippen LogP contribution is 2.22. The molecular weight excluding hydrogens is 510 g/mol. The molecule has 0 bridgehead atoms. The van der Waals surface area contributed by atoms with E-state index in [1.807, 2.05) is 0 Å². The molecule has 2 aromatic carbocycles. The van der Waals surface area contributed by atoms with Crippen LogP contribution in [0.4, 0.5) is 24.2 Å². The summed E-state index contributed by atoms with van der Waals surface area (Å²) in [6.07, 6.45) is 0.0310. The number of nitrogens with one attached hydrogen (secondary N) is 2. The molecule has 0 spiro atoms. The van der Waals surface area contributed by atoms with Crippen LogP contribution in [0.25, 0.3) is 10.8 Å². The molecule has 1 heterocycles. The number of carbonyl (C=O) groups is 3. The minimum atomic E-state index is -1.38. The van der Waals surface area contributed by atoms with Crippen LogP contribution in [-0.4, -0.2) is 65.7 Å². The molecule has 0 saturated heterocycles. The quantitative estimate of drug-likeness (QED) is 0.333. The third-order valence-corrected chi connectivity index (χ3v) is 6.04. The Balaban J connectivity index is 1.82. The Hall–Kier alpha value is -4.03. The molecule has 4 amide bonds. The van der Waals surface area contributed by atoms with Crippen LogP contribution in [-0.2, 0) is 11.3 Å². The van der Waals surface area contributed by atoms with Crippen LogP contribution in [0.5, 0.6) is 0 Å². The molecule has 0 saturated carbocycles. The van der Waals surface area contributed by atoms with Gasteiger partial charge in [0.15, 0.2) is 0 Å². The van der Waals surface area contributed by atoms with Gasteiger partial charge in [-0.05, 0) is 41.3 Å². The second-order valence-electron chi connectivity index (χ2n) is 8.07. The first-order valence-corrected chi connectivity index (χ1v) is 11.4. The first kappa shape index (κ1) is 27.6. The van der Waals surface area contributed by atoms with E-state index in [4.69, 9.17) is 17.3 Å². The number of likely N-dealkylation sites (N-methyl/N-ethyl adjacent to an activating group) is 1. The van der Waals surface area contributed by atoms with Crippen molar-refractivity contribution >= 4 is 46.2 Å². The van der Waals surface area contributed by atoms with E-state index in [0.717, 1.165) is 4.90 Å². The van der Waals surface area contributed by atoms with Crippen molar-refractivity contribution in [3.63, 3.8) is 0 Å². The molecule has 0 fully saturated rings. The van der Waals surface area contributed by atoms with Crippen LogP contribution in [0, 0.1) is 11.6 Å². The lowest BCUT2D eigenvalue weighted by molar-refractivity contribution is -0.119. The SMILES string of the molecule is CN(C(=O)NCc1cccc(F)c1Cl)[C@@H](CNC(=O)CN)CN(C(=O)O)c1cc2cc(F)ccc2cn1. The van der Waals surface area contributed by atoms with Crippen molar-refractivity contribution in [3.05, 3.63) is 70.9 Å². The lowest BCUT2D eigenvalue weighted by Crippen LogP contribution is -2.54. The molecule has 10 nitrogen and oxygen atoms in total. The summed E-state index contributed by atoms with van der Waals surface area (Å²) in [6.45, 7) is -0.825. The smallest absolute Gasteiger partial charge is 0.413 e. The highest BCUT2D eigenvalue weighted by atomic mass is 35.5. The Labute approximate surface area is 216 Å². The molecule has 13 heteroatoms. The fourth-order valence-corrected chi connectivity index (χ4v) is 3.70. The number of amides is 4. The fourth-order valence-electron chi connectivity index (χ4n) is 3.50. The molecular formula is C24H25ClF2N6O4. The Morgan fingerprint density at radius 2 is 1.89 bits per heavy atom. The van der Waals surface area contributed by atoms with Gasteiger partial charge in [0.1, 0.15) is 17.5 Å². The summed E-state index contributed by atoms with van der Waals surface area (Å²) in [5, 5.41) is 15.9. The zero-order valence-electron chi connectivity index (χ0n) is 19.7. The van der Waals surface area contributed by atoms with E-state index in [-0.39, 0.29) is 37.0 Å². The van der Waals surface area contributed by atoms with Gasteiger partial charge < -0.3 is 26.4 Å². The van der Waals surface area contributed by atoms with Gasteiger partial charge in [0, 0.05) is 31.7 Å². The van der Waals surface area contributed by atoms with E-state index in [0.29, 0.717) is 16.3 Å². The number of aromatic nitrogens is 1. The maximum absolute atomic E-state index is 13.7. The van der Waals surface area contributed by atoms with Gasteiger partial charge in [-0.15, -0.1) is 0 Å². The monoisotopic (exact) mass is 534 g/mol. The topological polar surface area (TPSA) is 141 Å². The molecule has 0 aliphatic rings. The van der Waals surface area contributed by atoms with Gasteiger partial charge in [-0.2, -0.15) is 0 Å². The summed E-state index contributed by atoms with van der Waals surface area (Å²) in [6, 6.07) is 8.11. The zero-order valence-corrected chi connectivity index (χ0v) is 20.5. The molecule has 37 heavy (non-hydrogen) atoms. The van der Waals surface area contributed by atoms with E-state index in [2.05, 4.69) is 15.6 Å². The molecule has 5 N–H and O–H groups in total. The largest absolute Gasteiger partial charge is 0.465 e. The first-order valence-electron chi connectivity index (χ1n) is 11.1. The fraction of sp³-hybridized carbons (Fsp3) is 0.250. The zero-order chi connectivity index (χ0) is 27.1. The number of benzene rings is 2. The number of nitrogens with two attached hydrogens (primary N) is 1. The lowest BCUT2D eigenvalue weighted by Gasteiger charge is -2.32. The number of rotatable bonds is 9. The van der Waals surface area contributed by atoms with Crippen LogP contribution < -0.4 is 21.3 Å². The van der Waals surface area contributed by atoms with Crippen molar-refractivity contribution in [3.8, 4) is 0 Å². The predicted molar refractivity (Wildman–Crippen MR) is 134 cm³/mol. The maximum Gasteiger partial charge on any atom is 0.413 e. The third kappa shape index (κ3) is 7.02. The average Bonchev–Trinajstić information content (AvgIpc) is 2.88. The Bertz CT molecular complexity index is 1310. The van der Waals surface area contributed by atoms with Crippen LogP contribution in [0.2, 0.25) is 5.02 Å². The molecule has 0 radical (unpaired) electrons. The van der Waals surface area contributed by atoms with Crippen molar-refractivity contribution in [2.75, 3.05) is 31.6 Å². The molecule has 0 aliphatic heterocycles. The Morgan fingerprint density at radius 3 is 2.59 bits per heavy atom. The molecule has 1 aromatic heterocycles. The van der Waals surface area contributed by atoms with Gasteiger partial charge in [-0.25, -0.2) is 23.4 Å². The van der Waals surface area contributed by atoms with Crippen molar-refractivity contribution < 1.29 is 28.3 Å². The minimum absolute atomic E-state index is 0.00102. The summed E-state index contributed by atoms with van der Waals surface area (Å²) in [7, 11) is 1.41. The summed E-state index contributed by atoms with van der Waals surface area (Å²) in [5.41, 5.74) is 5.69. The van der Waals surface area contributed by atoms with Crippen LogP contribution in [0.3, 0.4) is 0 Å². The van der Waals surface area contributed by atoms with Gasteiger partial charge in [-0.1, -0.05) is 23.7 Å². The molecule has 196 valence electrons. The normalized spacial score (nSPS) is 11.6. The second kappa shape index (κ2) is 12.3. The third-order valence-electron chi connectivity index (χ3n) is 5.62. The van der Waals surface area contributed by atoms with E-state index < -0.39 is 35.7 Å².